The van der Waals surface area contributed by atoms with Crippen LogP contribution in [0, 0.1) is 0 Å². The fraction of sp³-hybridized carbons (Fsp3) is 0.267. The van der Waals surface area contributed by atoms with Gasteiger partial charge >= 0.3 is 13.6 Å². The van der Waals surface area contributed by atoms with Gasteiger partial charge in [0.05, 0.1) is 25.4 Å². The number of benzene rings is 2. The van der Waals surface area contributed by atoms with E-state index in [4.69, 9.17) is 9.26 Å². The summed E-state index contributed by atoms with van der Waals surface area (Å²) in [4.78, 5) is 21.8. The molecule has 0 spiro atoms. The van der Waals surface area contributed by atoms with Crippen LogP contribution in [-0.4, -0.2) is 24.6 Å². The molecule has 0 aliphatic heterocycles. The fourth-order valence-corrected chi connectivity index (χ4v) is 3.49. The van der Waals surface area contributed by atoms with Gasteiger partial charge < -0.3 is 14.2 Å². The van der Waals surface area contributed by atoms with Crippen molar-refractivity contribution in [3.8, 4) is 0 Å². The molecule has 2 rings (SSSR count). The van der Waals surface area contributed by atoms with Gasteiger partial charge in [-0.1, -0.05) is 30.3 Å². The van der Waals surface area contributed by atoms with Crippen molar-refractivity contribution < 1.29 is 23.5 Å². The summed E-state index contributed by atoms with van der Waals surface area (Å²) in [7, 11) is -2.52. The summed E-state index contributed by atoms with van der Waals surface area (Å²) in [5, 5.41) is 1.63. The SMILES string of the molecule is CCOP(=O)(O)Cc1c(C(=O)OC)ccc2ccccc12. The third kappa shape index (κ3) is 3.50. The lowest BCUT2D eigenvalue weighted by Crippen LogP contribution is -2.07. The Labute approximate surface area is 123 Å². The first-order valence-corrected chi connectivity index (χ1v) is 8.30. The maximum absolute atomic E-state index is 12.1. The maximum atomic E-state index is 12.1. The van der Waals surface area contributed by atoms with Crippen LogP contribution in [0.4, 0.5) is 0 Å². The second-order valence-electron chi connectivity index (χ2n) is 4.52. The lowest BCUT2D eigenvalue weighted by Gasteiger charge is -2.15. The van der Waals surface area contributed by atoms with Crippen LogP contribution in [0.1, 0.15) is 22.8 Å². The van der Waals surface area contributed by atoms with Crippen molar-refractivity contribution in [1.29, 1.82) is 0 Å². The molecule has 5 nitrogen and oxygen atoms in total. The third-order valence-corrected chi connectivity index (χ3v) is 4.51. The number of carbonyl (C=O) groups excluding carboxylic acids is 1. The van der Waals surface area contributed by atoms with Gasteiger partial charge in [0.1, 0.15) is 0 Å². The van der Waals surface area contributed by atoms with Crippen LogP contribution in [0.25, 0.3) is 10.8 Å². The van der Waals surface area contributed by atoms with Crippen molar-refractivity contribution in [2.45, 2.75) is 13.1 Å². The number of fused-ring (bicyclic) bond motifs is 1. The third-order valence-electron chi connectivity index (χ3n) is 3.13. The van der Waals surface area contributed by atoms with Crippen LogP contribution < -0.4 is 0 Å². The molecule has 0 fully saturated rings. The van der Waals surface area contributed by atoms with Crippen molar-refractivity contribution in [2.75, 3.05) is 13.7 Å². The molecule has 1 atom stereocenters. The first-order chi connectivity index (χ1) is 9.98. The monoisotopic (exact) mass is 308 g/mol. The summed E-state index contributed by atoms with van der Waals surface area (Å²) in [5.74, 6) is -0.535. The Morgan fingerprint density at radius 1 is 1.24 bits per heavy atom. The highest BCUT2D eigenvalue weighted by Gasteiger charge is 2.25. The summed E-state index contributed by atoms with van der Waals surface area (Å²) >= 11 is 0. The first-order valence-electron chi connectivity index (χ1n) is 6.54. The molecular formula is C15H17O5P. The molecule has 0 heterocycles. The topological polar surface area (TPSA) is 72.8 Å². The van der Waals surface area contributed by atoms with E-state index < -0.39 is 13.6 Å². The van der Waals surface area contributed by atoms with Gasteiger partial charge in [0, 0.05) is 0 Å². The number of rotatable bonds is 5. The molecule has 1 unspecified atom stereocenters. The van der Waals surface area contributed by atoms with E-state index in [9.17, 15) is 14.3 Å². The smallest absolute Gasteiger partial charge is 0.338 e. The minimum absolute atomic E-state index is 0.131. The molecule has 21 heavy (non-hydrogen) atoms. The Hall–Kier alpha value is -1.68. The highest BCUT2D eigenvalue weighted by Crippen LogP contribution is 2.47. The molecule has 1 N–H and O–H groups in total. The number of hydrogen-bond acceptors (Lipinski definition) is 4. The van der Waals surface area contributed by atoms with E-state index in [2.05, 4.69) is 0 Å². The van der Waals surface area contributed by atoms with E-state index in [0.717, 1.165) is 10.8 Å². The van der Waals surface area contributed by atoms with Crippen molar-refractivity contribution in [3.63, 3.8) is 0 Å². The zero-order chi connectivity index (χ0) is 15.5. The van der Waals surface area contributed by atoms with Crippen molar-refractivity contribution >= 4 is 24.3 Å². The summed E-state index contributed by atoms with van der Waals surface area (Å²) in [6, 6.07) is 10.8. The van der Waals surface area contributed by atoms with Crippen LogP contribution in [0.5, 0.6) is 0 Å². The average Bonchev–Trinajstić information content (AvgIpc) is 2.46. The second-order valence-corrected chi connectivity index (χ2v) is 6.37. The minimum Gasteiger partial charge on any atom is -0.465 e. The van der Waals surface area contributed by atoms with Gasteiger partial charge in [0.15, 0.2) is 0 Å². The highest BCUT2D eigenvalue weighted by molar-refractivity contribution is 7.52. The first kappa shape index (κ1) is 15.7. The molecule has 2 aromatic rings. The fourth-order valence-electron chi connectivity index (χ4n) is 2.25. The van der Waals surface area contributed by atoms with Crippen LogP contribution >= 0.6 is 7.60 Å². The predicted octanol–water partition coefficient (Wildman–Crippen LogP) is 3.35. The van der Waals surface area contributed by atoms with Gasteiger partial charge in [-0.25, -0.2) is 4.79 Å². The molecule has 0 radical (unpaired) electrons. The Morgan fingerprint density at radius 2 is 1.95 bits per heavy atom. The number of ether oxygens (including phenoxy) is 1. The Kier molecular flexibility index (Phi) is 4.78. The molecule has 0 saturated heterocycles. The molecule has 6 heteroatoms. The van der Waals surface area contributed by atoms with Gasteiger partial charge in [-0.2, -0.15) is 0 Å². The number of carbonyl (C=O) groups is 1. The number of hydrogen-bond donors (Lipinski definition) is 1. The minimum atomic E-state index is -3.80. The van der Waals surface area contributed by atoms with E-state index >= 15 is 0 Å². The van der Waals surface area contributed by atoms with Crippen molar-refractivity contribution in [2.24, 2.45) is 0 Å². The molecule has 112 valence electrons. The molecule has 2 aromatic carbocycles. The van der Waals surface area contributed by atoms with Crippen molar-refractivity contribution in [3.05, 3.63) is 47.5 Å². The normalized spacial score (nSPS) is 13.9. The summed E-state index contributed by atoms with van der Waals surface area (Å²) in [6.07, 6.45) is -0.230. The molecular weight excluding hydrogens is 291 g/mol. The summed E-state index contributed by atoms with van der Waals surface area (Å²) in [5.41, 5.74) is 0.754. The van der Waals surface area contributed by atoms with Crippen LogP contribution in [0.2, 0.25) is 0 Å². The molecule has 0 saturated carbocycles. The van der Waals surface area contributed by atoms with E-state index in [1.54, 1.807) is 19.1 Å². The zero-order valence-electron chi connectivity index (χ0n) is 11.9. The number of esters is 1. The number of methoxy groups -OCH3 is 1. The standard InChI is InChI=1S/C15H17O5P/c1-3-20-21(17,18)10-14-12-7-5-4-6-11(12)8-9-13(14)15(16)19-2/h4-9H,3,10H2,1-2H3,(H,17,18). The Bertz CT molecular complexity index is 710. The van der Waals surface area contributed by atoms with Gasteiger partial charge in [0.2, 0.25) is 0 Å². The maximum Gasteiger partial charge on any atom is 0.338 e. The largest absolute Gasteiger partial charge is 0.465 e. The molecule has 0 aliphatic rings. The van der Waals surface area contributed by atoms with Crippen LogP contribution in [-0.2, 0) is 20.0 Å². The molecule has 0 amide bonds. The molecule has 0 aliphatic carbocycles. The average molecular weight is 308 g/mol. The lowest BCUT2D eigenvalue weighted by molar-refractivity contribution is 0.0600. The Morgan fingerprint density at radius 3 is 2.62 bits per heavy atom. The summed E-state index contributed by atoms with van der Waals surface area (Å²) in [6.45, 7) is 1.78. The van der Waals surface area contributed by atoms with Gasteiger partial charge in [-0.05, 0) is 29.3 Å². The predicted molar refractivity (Wildman–Crippen MR) is 80.4 cm³/mol. The quantitative estimate of drug-likeness (QED) is 0.677. The van der Waals surface area contributed by atoms with Crippen LogP contribution in [0.3, 0.4) is 0 Å². The Balaban J connectivity index is 2.61. The van der Waals surface area contributed by atoms with E-state index in [0.29, 0.717) is 5.56 Å². The van der Waals surface area contributed by atoms with E-state index in [1.807, 2.05) is 24.3 Å². The van der Waals surface area contributed by atoms with E-state index in [1.165, 1.54) is 7.11 Å². The van der Waals surface area contributed by atoms with Gasteiger partial charge in [0.25, 0.3) is 0 Å². The van der Waals surface area contributed by atoms with Crippen molar-refractivity contribution in [1.82, 2.24) is 0 Å². The second kappa shape index (κ2) is 6.39. The van der Waals surface area contributed by atoms with Gasteiger partial charge in [-0.15, -0.1) is 0 Å². The molecule has 0 aromatic heterocycles. The van der Waals surface area contributed by atoms with Gasteiger partial charge in [-0.3, -0.25) is 4.57 Å². The highest BCUT2D eigenvalue weighted by atomic mass is 31.2. The zero-order valence-corrected chi connectivity index (χ0v) is 12.8. The van der Waals surface area contributed by atoms with E-state index in [-0.39, 0.29) is 18.3 Å². The summed E-state index contributed by atoms with van der Waals surface area (Å²) < 4.78 is 21.7. The molecule has 0 bridgehead atoms. The van der Waals surface area contributed by atoms with Crippen LogP contribution in [0.15, 0.2) is 36.4 Å². The lowest BCUT2D eigenvalue weighted by atomic mass is 10.00.